The van der Waals surface area contributed by atoms with Crippen LogP contribution in [0.4, 0.5) is 0 Å². The van der Waals surface area contributed by atoms with Crippen LogP contribution in [-0.2, 0) is 20.8 Å². The van der Waals surface area contributed by atoms with E-state index < -0.39 is 69.7 Å². The van der Waals surface area contributed by atoms with E-state index in [0.717, 1.165) is 0 Å². The van der Waals surface area contributed by atoms with Crippen molar-refractivity contribution >= 4 is 34.0 Å². The summed E-state index contributed by atoms with van der Waals surface area (Å²) in [7, 11) is 0. The maximum atomic E-state index is 13.5. The van der Waals surface area contributed by atoms with Crippen LogP contribution in [0.5, 0.6) is 5.75 Å². The molecular weight excluding hydrogens is 432 g/mol. The topological polar surface area (TPSA) is 204 Å². The van der Waals surface area contributed by atoms with Crippen molar-refractivity contribution in [1.82, 2.24) is 0 Å². The van der Waals surface area contributed by atoms with Gasteiger partial charge in [-0.3, -0.25) is 14.4 Å². The minimum Gasteiger partial charge on any atom is -0.508 e. The van der Waals surface area contributed by atoms with Gasteiger partial charge in [0.25, 0.3) is 5.91 Å². The molecule has 1 saturated carbocycles. The van der Waals surface area contributed by atoms with E-state index in [4.69, 9.17) is 11.5 Å². The zero-order valence-corrected chi connectivity index (χ0v) is 17.0. The molecule has 10 nitrogen and oxygen atoms in total. The molecule has 0 bridgehead atoms. The summed E-state index contributed by atoms with van der Waals surface area (Å²) >= 11 is 0. The Morgan fingerprint density at radius 1 is 1.12 bits per heavy atom. The molecule has 1 amide bonds. The summed E-state index contributed by atoms with van der Waals surface area (Å²) in [4.78, 5) is 37.8. The van der Waals surface area contributed by atoms with Gasteiger partial charge in [0, 0.05) is 16.9 Å². The lowest BCUT2D eigenvalue weighted by atomic mass is 9.56. The quantitative estimate of drug-likeness (QED) is 0.278. The largest absolute Gasteiger partial charge is 0.508 e. The lowest BCUT2D eigenvalue weighted by Gasteiger charge is -2.50. The molecule has 5 atom stereocenters. The van der Waals surface area contributed by atoms with Crippen molar-refractivity contribution in [3.63, 3.8) is 0 Å². The highest BCUT2D eigenvalue weighted by molar-refractivity contribution is 6.24. The smallest absolute Gasteiger partial charge is 0.255 e. The lowest BCUT2D eigenvalue weighted by molar-refractivity contribution is -0.162. The molecule has 33 heavy (non-hydrogen) atoms. The van der Waals surface area contributed by atoms with Crippen LogP contribution < -0.4 is 11.5 Å². The number of phenolic OH excluding ortho intramolecular Hbond substituents is 1. The number of hydrogen-bond donors (Lipinski definition) is 7. The molecule has 0 radical (unpaired) electrons. The Labute approximate surface area is 186 Å². The van der Waals surface area contributed by atoms with E-state index in [1.807, 2.05) is 0 Å². The number of nitrogens with two attached hydrogens (primary N) is 2. The van der Waals surface area contributed by atoms with Gasteiger partial charge in [-0.15, -0.1) is 0 Å². The van der Waals surface area contributed by atoms with Crippen molar-refractivity contribution < 1.29 is 39.9 Å². The van der Waals surface area contributed by atoms with E-state index >= 15 is 0 Å². The van der Waals surface area contributed by atoms with Gasteiger partial charge in [-0.25, -0.2) is 0 Å². The number of amides is 1. The number of benzene rings is 2. The zero-order chi connectivity index (χ0) is 24.0. The number of hydrogen-bond acceptors (Lipinski definition) is 9. The second-order valence-corrected chi connectivity index (χ2v) is 8.64. The highest BCUT2D eigenvalue weighted by Gasteiger charge is 2.66. The molecule has 10 heteroatoms. The first-order chi connectivity index (χ1) is 15.5. The van der Waals surface area contributed by atoms with E-state index in [1.165, 1.54) is 0 Å². The molecule has 3 aliphatic rings. The van der Waals surface area contributed by atoms with Crippen molar-refractivity contribution in [2.24, 2.45) is 23.3 Å². The normalized spacial score (nSPS) is 31.4. The SMILES string of the molecule is NC(=O)C1=C(O)[C@@]2(O)C(=O)C3=C(O)c4c(cc5ccccc5c4O)C[C@H]3[C@H](O)[C@H]2[C@H](N)C1=O. The minimum atomic E-state index is -2.97. The third-order valence-electron chi connectivity index (χ3n) is 7.04. The van der Waals surface area contributed by atoms with E-state index in [-0.39, 0.29) is 17.7 Å². The average Bonchev–Trinajstić information content (AvgIpc) is 2.76. The van der Waals surface area contributed by atoms with Crippen LogP contribution in [0, 0.1) is 11.8 Å². The number of Topliss-reactive ketones (excluding diaryl/α,β-unsaturated/α-hetero) is 2. The summed E-state index contributed by atoms with van der Waals surface area (Å²) in [6.45, 7) is 0. The van der Waals surface area contributed by atoms with Crippen molar-refractivity contribution in [3.05, 3.63) is 58.4 Å². The standard InChI is InChI=1S/C23H20N2O8/c24-15-14-17(27)10-6-8-5-7-3-1-2-4-9(7)16(26)11(8)18(28)12(10)20(30)23(14,33)21(31)13(19(15)29)22(25)32/h1-5,10,14-15,17,26-28,31,33H,6,24H2,(H2,25,32)/t10-,14-,15+,17+,23+/m1/s1. The van der Waals surface area contributed by atoms with E-state index in [9.17, 15) is 39.9 Å². The lowest BCUT2D eigenvalue weighted by Crippen LogP contribution is -2.69. The fourth-order valence-electron chi connectivity index (χ4n) is 5.49. The van der Waals surface area contributed by atoms with Gasteiger partial charge < -0.3 is 37.0 Å². The Morgan fingerprint density at radius 2 is 1.79 bits per heavy atom. The van der Waals surface area contributed by atoms with E-state index in [1.54, 1.807) is 30.3 Å². The van der Waals surface area contributed by atoms with Crippen LogP contribution in [0.15, 0.2) is 47.2 Å². The molecule has 0 unspecified atom stereocenters. The van der Waals surface area contributed by atoms with Crippen LogP contribution >= 0.6 is 0 Å². The second kappa shape index (κ2) is 6.64. The maximum Gasteiger partial charge on any atom is 0.255 e. The number of aliphatic hydroxyl groups is 4. The first-order valence-corrected chi connectivity index (χ1v) is 10.2. The fraction of sp³-hybridized carbons (Fsp3) is 0.261. The Kier molecular flexibility index (Phi) is 4.25. The second-order valence-electron chi connectivity index (χ2n) is 8.64. The molecule has 2 aromatic carbocycles. The molecule has 5 rings (SSSR count). The molecule has 170 valence electrons. The molecule has 3 aliphatic carbocycles. The number of carbonyl (C=O) groups is 3. The average molecular weight is 452 g/mol. The van der Waals surface area contributed by atoms with Gasteiger partial charge in [-0.05, 0) is 17.4 Å². The van der Waals surface area contributed by atoms with Crippen molar-refractivity contribution in [3.8, 4) is 5.75 Å². The third kappa shape index (κ3) is 2.45. The molecular formula is C23H20N2O8. The van der Waals surface area contributed by atoms with Gasteiger partial charge in [0.15, 0.2) is 11.4 Å². The number of phenols is 1. The predicted octanol–water partition coefficient (Wildman–Crippen LogP) is -0.515. The monoisotopic (exact) mass is 452 g/mol. The van der Waals surface area contributed by atoms with Gasteiger partial charge in [0.05, 0.1) is 23.6 Å². The van der Waals surface area contributed by atoms with Gasteiger partial charge in [-0.1, -0.05) is 30.3 Å². The first-order valence-electron chi connectivity index (χ1n) is 10.2. The van der Waals surface area contributed by atoms with E-state index in [2.05, 4.69) is 0 Å². The highest BCUT2D eigenvalue weighted by Crippen LogP contribution is 2.52. The van der Waals surface area contributed by atoms with Crippen LogP contribution in [0.25, 0.3) is 16.5 Å². The number of aromatic hydroxyl groups is 1. The number of ketones is 2. The predicted molar refractivity (Wildman–Crippen MR) is 114 cm³/mol. The molecule has 1 fully saturated rings. The van der Waals surface area contributed by atoms with Gasteiger partial charge in [0.1, 0.15) is 22.8 Å². The Morgan fingerprint density at radius 3 is 2.45 bits per heavy atom. The number of primary amides is 1. The molecule has 0 spiro atoms. The van der Waals surface area contributed by atoms with Crippen molar-refractivity contribution in [2.75, 3.05) is 0 Å². The number of fused-ring (bicyclic) bond motifs is 4. The molecule has 0 aromatic heterocycles. The Bertz CT molecular complexity index is 1360. The number of rotatable bonds is 1. The van der Waals surface area contributed by atoms with Crippen molar-refractivity contribution in [1.29, 1.82) is 0 Å². The minimum absolute atomic E-state index is 0.0271. The number of aliphatic hydroxyl groups excluding tert-OH is 3. The highest BCUT2D eigenvalue weighted by atomic mass is 16.4. The molecule has 0 saturated heterocycles. The maximum absolute atomic E-state index is 13.5. The fourth-order valence-corrected chi connectivity index (χ4v) is 5.49. The number of carbonyl (C=O) groups excluding carboxylic acids is 3. The van der Waals surface area contributed by atoms with Gasteiger partial charge in [0.2, 0.25) is 5.78 Å². The van der Waals surface area contributed by atoms with Crippen LogP contribution in [0.2, 0.25) is 0 Å². The summed E-state index contributed by atoms with van der Waals surface area (Å²) in [6.07, 6.45) is -1.69. The van der Waals surface area contributed by atoms with Gasteiger partial charge in [-0.2, -0.15) is 0 Å². The molecule has 0 aliphatic heterocycles. The van der Waals surface area contributed by atoms with Crippen LogP contribution in [-0.4, -0.2) is 60.8 Å². The summed E-state index contributed by atoms with van der Waals surface area (Å²) in [5, 5.41) is 56.0. The summed E-state index contributed by atoms with van der Waals surface area (Å²) in [6, 6.07) is 6.79. The van der Waals surface area contributed by atoms with Crippen LogP contribution in [0.3, 0.4) is 0 Å². The summed E-state index contributed by atoms with van der Waals surface area (Å²) < 4.78 is 0. The van der Waals surface area contributed by atoms with E-state index in [0.29, 0.717) is 16.3 Å². The third-order valence-corrected chi connectivity index (χ3v) is 7.04. The Balaban J connectivity index is 1.80. The van der Waals surface area contributed by atoms with Crippen LogP contribution in [0.1, 0.15) is 11.1 Å². The molecule has 2 aromatic rings. The molecule has 9 N–H and O–H groups in total. The Hall–Kier alpha value is -3.73. The summed E-state index contributed by atoms with van der Waals surface area (Å²) in [5.41, 5.74) is 7.00. The van der Waals surface area contributed by atoms with Crippen molar-refractivity contribution in [2.45, 2.75) is 24.2 Å². The first kappa shape index (κ1) is 21.1. The summed E-state index contributed by atoms with van der Waals surface area (Å²) in [5.74, 6) is -8.84. The van der Waals surface area contributed by atoms with Gasteiger partial charge >= 0.3 is 0 Å². The molecule has 0 heterocycles. The zero-order valence-electron chi connectivity index (χ0n) is 17.0.